The van der Waals surface area contributed by atoms with Crippen molar-refractivity contribution in [2.45, 2.75) is 11.8 Å². The summed E-state index contributed by atoms with van der Waals surface area (Å²) in [5.74, 6) is -0.284. The maximum Gasteiger partial charge on any atom is 0.202 e. The Morgan fingerprint density at radius 3 is 2.36 bits per heavy atom. The molecule has 0 aliphatic rings. The molecule has 0 unspecified atom stereocenters. The molecule has 5 heteroatoms. The lowest BCUT2D eigenvalue weighted by Gasteiger charge is -2.04. The number of anilines is 1. The average Bonchev–Trinajstić information content (AvgIpc) is 2.16. The van der Waals surface area contributed by atoms with Crippen molar-refractivity contribution in [1.29, 1.82) is 0 Å². The van der Waals surface area contributed by atoms with Gasteiger partial charge in [0.15, 0.2) is 5.94 Å². The third-order valence-corrected chi connectivity index (χ3v) is 3.15. The van der Waals surface area contributed by atoms with Crippen molar-refractivity contribution in [2.24, 2.45) is 0 Å². The van der Waals surface area contributed by atoms with E-state index >= 15 is 0 Å². The molecule has 14 heavy (non-hydrogen) atoms. The van der Waals surface area contributed by atoms with Crippen molar-refractivity contribution in [3.8, 4) is 0 Å². The fraction of sp³-hybridized carbons (Fsp3) is 0.333. The van der Waals surface area contributed by atoms with E-state index in [2.05, 4.69) is 0 Å². The van der Waals surface area contributed by atoms with Crippen LogP contribution in [0.3, 0.4) is 0 Å². The molecular formula is C9H13NO3S. The minimum atomic E-state index is -3.32. The molecule has 0 heterocycles. The zero-order valence-electron chi connectivity index (χ0n) is 7.93. The normalized spacial score (nSPS) is 11.5. The van der Waals surface area contributed by atoms with E-state index in [0.717, 1.165) is 0 Å². The summed E-state index contributed by atoms with van der Waals surface area (Å²) in [6.07, 6.45) is 0. The van der Waals surface area contributed by atoms with Gasteiger partial charge in [0, 0.05) is 12.3 Å². The Bertz CT molecular complexity index is 383. The molecule has 2 N–H and O–H groups in total. The molecule has 1 aromatic rings. The number of rotatable bonds is 4. The zero-order valence-corrected chi connectivity index (χ0v) is 8.75. The number of ether oxygens (including phenoxy) is 1. The first-order valence-electron chi connectivity index (χ1n) is 4.22. The molecule has 4 nitrogen and oxygen atoms in total. The third-order valence-electron chi connectivity index (χ3n) is 1.68. The Morgan fingerprint density at radius 2 is 1.86 bits per heavy atom. The van der Waals surface area contributed by atoms with Gasteiger partial charge in [-0.15, -0.1) is 0 Å². The van der Waals surface area contributed by atoms with Gasteiger partial charge in [0.25, 0.3) is 0 Å². The van der Waals surface area contributed by atoms with Gasteiger partial charge in [-0.2, -0.15) is 0 Å². The molecule has 0 saturated carbocycles. The second kappa shape index (κ2) is 4.43. The van der Waals surface area contributed by atoms with E-state index in [1.54, 1.807) is 19.1 Å². The van der Waals surface area contributed by atoms with Crippen LogP contribution in [-0.4, -0.2) is 21.0 Å². The lowest BCUT2D eigenvalue weighted by molar-refractivity contribution is 0.192. The van der Waals surface area contributed by atoms with E-state index in [0.29, 0.717) is 12.3 Å². The standard InChI is InChI=1S/C9H13NO3S/c1-2-13-7-14(11,12)9-5-3-8(10)4-6-9/h3-6H,2,7,10H2,1H3. The zero-order chi connectivity index (χ0) is 10.6. The van der Waals surface area contributed by atoms with E-state index in [4.69, 9.17) is 10.5 Å². The maximum absolute atomic E-state index is 11.5. The fourth-order valence-corrected chi connectivity index (χ4v) is 2.01. The van der Waals surface area contributed by atoms with Crippen LogP contribution in [0.5, 0.6) is 0 Å². The Hall–Kier alpha value is -1.07. The molecular weight excluding hydrogens is 202 g/mol. The lowest BCUT2D eigenvalue weighted by Crippen LogP contribution is -2.09. The quantitative estimate of drug-likeness (QED) is 0.762. The van der Waals surface area contributed by atoms with Crippen molar-refractivity contribution in [3.05, 3.63) is 24.3 Å². The molecule has 0 aliphatic carbocycles. The highest BCUT2D eigenvalue weighted by Crippen LogP contribution is 2.13. The molecule has 0 aliphatic heterocycles. The molecule has 0 radical (unpaired) electrons. The smallest absolute Gasteiger partial charge is 0.202 e. The maximum atomic E-state index is 11.5. The first-order chi connectivity index (χ1) is 6.56. The summed E-state index contributed by atoms with van der Waals surface area (Å²) in [6, 6.07) is 6.06. The van der Waals surface area contributed by atoms with Crippen molar-refractivity contribution >= 4 is 15.5 Å². The van der Waals surface area contributed by atoms with Crippen LogP contribution in [0.4, 0.5) is 5.69 Å². The number of hydrogen-bond donors (Lipinski definition) is 1. The van der Waals surface area contributed by atoms with Gasteiger partial charge in [0.1, 0.15) is 0 Å². The minimum absolute atomic E-state index is 0.236. The topological polar surface area (TPSA) is 69.4 Å². The van der Waals surface area contributed by atoms with Crippen LogP contribution in [0.1, 0.15) is 6.92 Å². The van der Waals surface area contributed by atoms with Crippen LogP contribution >= 0.6 is 0 Å². The van der Waals surface area contributed by atoms with E-state index in [9.17, 15) is 8.42 Å². The molecule has 0 spiro atoms. The Kier molecular flexibility index (Phi) is 3.49. The molecule has 1 rings (SSSR count). The Labute approximate surface area is 83.6 Å². The van der Waals surface area contributed by atoms with Crippen LogP contribution in [-0.2, 0) is 14.6 Å². The molecule has 0 atom stereocenters. The number of benzene rings is 1. The van der Waals surface area contributed by atoms with E-state index in [1.165, 1.54) is 12.1 Å². The predicted molar refractivity (Wildman–Crippen MR) is 54.5 cm³/mol. The van der Waals surface area contributed by atoms with Gasteiger partial charge in [-0.05, 0) is 31.2 Å². The largest absolute Gasteiger partial charge is 0.399 e. The van der Waals surface area contributed by atoms with Gasteiger partial charge in [-0.25, -0.2) is 8.42 Å². The van der Waals surface area contributed by atoms with Gasteiger partial charge in [0.2, 0.25) is 9.84 Å². The summed E-state index contributed by atoms with van der Waals surface area (Å²) in [6.45, 7) is 2.13. The molecule has 0 aromatic heterocycles. The first-order valence-corrected chi connectivity index (χ1v) is 5.87. The highest BCUT2D eigenvalue weighted by molar-refractivity contribution is 7.91. The summed E-state index contributed by atoms with van der Waals surface area (Å²) < 4.78 is 27.9. The van der Waals surface area contributed by atoms with Crippen LogP contribution in [0.15, 0.2) is 29.2 Å². The van der Waals surface area contributed by atoms with Crippen molar-refractivity contribution in [3.63, 3.8) is 0 Å². The summed E-state index contributed by atoms with van der Waals surface area (Å²) in [5, 5.41) is 0. The second-order valence-corrected chi connectivity index (χ2v) is 4.73. The van der Waals surface area contributed by atoms with Gasteiger partial charge in [-0.1, -0.05) is 0 Å². The highest BCUT2D eigenvalue weighted by Gasteiger charge is 2.13. The van der Waals surface area contributed by atoms with Crippen LogP contribution in [0.25, 0.3) is 0 Å². The van der Waals surface area contributed by atoms with Gasteiger partial charge >= 0.3 is 0 Å². The van der Waals surface area contributed by atoms with Gasteiger partial charge in [0.05, 0.1) is 4.90 Å². The van der Waals surface area contributed by atoms with Crippen LogP contribution in [0, 0.1) is 0 Å². The van der Waals surface area contributed by atoms with Crippen LogP contribution < -0.4 is 5.73 Å². The number of hydrogen-bond acceptors (Lipinski definition) is 4. The molecule has 0 saturated heterocycles. The van der Waals surface area contributed by atoms with Crippen LogP contribution in [0.2, 0.25) is 0 Å². The summed E-state index contributed by atoms with van der Waals surface area (Å²) >= 11 is 0. The molecule has 1 aromatic carbocycles. The van der Waals surface area contributed by atoms with E-state index in [-0.39, 0.29) is 10.8 Å². The van der Waals surface area contributed by atoms with E-state index < -0.39 is 9.84 Å². The monoisotopic (exact) mass is 215 g/mol. The molecule has 0 amide bonds. The van der Waals surface area contributed by atoms with Gasteiger partial charge < -0.3 is 10.5 Å². The SMILES string of the molecule is CCOCS(=O)(=O)c1ccc(N)cc1. The number of sulfone groups is 1. The second-order valence-electron chi connectivity index (χ2n) is 2.79. The highest BCUT2D eigenvalue weighted by atomic mass is 32.2. The van der Waals surface area contributed by atoms with Gasteiger partial charge in [-0.3, -0.25) is 0 Å². The Morgan fingerprint density at radius 1 is 1.29 bits per heavy atom. The van der Waals surface area contributed by atoms with Crippen molar-refractivity contribution in [2.75, 3.05) is 18.3 Å². The summed E-state index contributed by atoms with van der Waals surface area (Å²) in [4.78, 5) is 0.236. The first kappa shape index (κ1) is 11.0. The third kappa shape index (κ3) is 2.71. The van der Waals surface area contributed by atoms with E-state index in [1.807, 2.05) is 0 Å². The number of nitrogens with two attached hydrogens (primary N) is 1. The minimum Gasteiger partial charge on any atom is -0.399 e. The van der Waals surface area contributed by atoms with Crippen molar-refractivity contribution < 1.29 is 13.2 Å². The molecule has 78 valence electrons. The fourth-order valence-electron chi connectivity index (χ4n) is 0.936. The summed E-state index contributed by atoms with van der Waals surface area (Å²) in [5.41, 5.74) is 5.99. The summed E-state index contributed by atoms with van der Waals surface area (Å²) in [7, 11) is -3.32. The van der Waals surface area contributed by atoms with Crippen molar-refractivity contribution in [1.82, 2.24) is 0 Å². The lowest BCUT2D eigenvalue weighted by atomic mass is 10.3. The Balaban J connectivity index is 2.87. The molecule has 0 fully saturated rings. The average molecular weight is 215 g/mol. The predicted octanol–water partition coefficient (Wildman–Crippen LogP) is 1.04. The number of nitrogen functional groups attached to an aromatic ring is 1. The molecule has 0 bridgehead atoms.